The Morgan fingerprint density at radius 3 is 2.61 bits per heavy atom. The molecule has 2 saturated heterocycles. The molecule has 2 aliphatic rings. The van der Waals surface area contributed by atoms with Crippen LogP contribution in [0.3, 0.4) is 0 Å². The number of aromatic nitrogens is 1. The van der Waals surface area contributed by atoms with Gasteiger partial charge in [0, 0.05) is 19.8 Å². The first kappa shape index (κ1) is 21.0. The number of hydrogen-bond acceptors (Lipinski definition) is 5. The zero-order chi connectivity index (χ0) is 22.4. The van der Waals surface area contributed by atoms with Crippen molar-refractivity contribution < 1.29 is 32.6 Å². The lowest BCUT2D eigenvalue weighted by atomic mass is 9.94. The molecule has 1 aromatic carbocycles. The van der Waals surface area contributed by atoms with E-state index in [1.165, 1.54) is 29.3 Å². The van der Waals surface area contributed by atoms with Gasteiger partial charge in [0.25, 0.3) is 0 Å². The number of alkyl halides is 3. The number of carboxylic acid groups (broad SMARTS) is 1. The minimum atomic E-state index is -4.81. The minimum Gasteiger partial charge on any atom is -0.530 e. The number of likely N-dealkylation sites (N-methyl/N-ethyl adjacent to an activating group) is 1. The van der Waals surface area contributed by atoms with Gasteiger partial charge in [-0.05, 0) is 54.7 Å². The highest BCUT2D eigenvalue weighted by molar-refractivity contribution is 5.92. The summed E-state index contributed by atoms with van der Waals surface area (Å²) in [6, 6.07) is 8.03. The van der Waals surface area contributed by atoms with Crippen molar-refractivity contribution in [1.29, 1.82) is 0 Å². The van der Waals surface area contributed by atoms with E-state index in [0.717, 1.165) is 4.90 Å². The number of hydrogen-bond donors (Lipinski definition) is 0. The van der Waals surface area contributed by atoms with Crippen LogP contribution in [0, 0.1) is 0 Å². The van der Waals surface area contributed by atoms with Crippen LogP contribution >= 0.6 is 0 Å². The fraction of sp³-hybridized carbons (Fsp3) is 0.381. The molecule has 4 rings (SSSR count). The van der Waals surface area contributed by atoms with Gasteiger partial charge in [-0.2, -0.15) is 0 Å². The van der Waals surface area contributed by atoms with E-state index < -0.39 is 24.0 Å². The summed E-state index contributed by atoms with van der Waals surface area (Å²) in [6.07, 6.45) is -3.67. The maximum absolute atomic E-state index is 12.7. The Balaban J connectivity index is 1.67. The molecule has 0 saturated carbocycles. The van der Waals surface area contributed by atoms with E-state index in [-0.39, 0.29) is 11.7 Å². The van der Waals surface area contributed by atoms with Crippen molar-refractivity contribution in [2.24, 2.45) is 0 Å². The fourth-order valence-electron chi connectivity index (χ4n) is 4.56. The molecule has 0 bridgehead atoms. The molecular formula is C21H19F3N3O4-. The molecule has 0 aliphatic carbocycles. The number of benzene rings is 1. The van der Waals surface area contributed by atoms with Gasteiger partial charge in [-0.25, -0.2) is 0 Å². The maximum Gasteiger partial charge on any atom is 0.573 e. The first-order chi connectivity index (χ1) is 14.6. The number of carbonyl (C=O) groups excluding carboxylic acids is 2. The third kappa shape index (κ3) is 3.77. The van der Waals surface area contributed by atoms with Gasteiger partial charge in [-0.3, -0.25) is 9.78 Å². The van der Waals surface area contributed by atoms with E-state index in [2.05, 4.69) is 9.72 Å². The predicted octanol–water partition coefficient (Wildman–Crippen LogP) is 2.73. The third-order valence-corrected chi connectivity index (χ3v) is 5.93. The molecule has 3 heterocycles. The van der Waals surface area contributed by atoms with Crippen molar-refractivity contribution in [3.05, 3.63) is 48.3 Å². The number of nitrogens with zero attached hydrogens (tertiary/aromatic N) is 3. The highest BCUT2D eigenvalue weighted by Crippen LogP contribution is 2.47. The maximum atomic E-state index is 12.7. The molecule has 1 aromatic heterocycles. The van der Waals surface area contributed by atoms with Gasteiger partial charge in [0.1, 0.15) is 17.4 Å². The van der Waals surface area contributed by atoms with Crippen LogP contribution in [0.1, 0.15) is 31.0 Å². The summed E-state index contributed by atoms with van der Waals surface area (Å²) in [5, 5.41) is 12.0. The Hall–Kier alpha value is -3.30. The first-order valence-electron chi connectivity index (χ1n) is 9.69. The third-order valence-electron chi connectivity index (χ3n) is 5.93. The molecule has 2 atom stereocenters. The fourth-order valence-corrected chi connectivity index (χ4v) is 4.56. The Kier molecular flexibility index (Phi) is 5.03. The van der Waals surface area contributed by atoms with E-state index in [1.54, 1.807) is 25.2 Å². The van der Waals surface area contributed by atoms with Gasteiger partial charge < -0.3 is 24.4 Å². The summed E-state index contributed by atoms with van der Waals surface area (Å²) in [5.41, 5.74) is 0.251. The van der Waals surface area contributed by atoms with Crippen LogP contribution in [0.4, 0.5) is 18.0 Å². The molecular weight excluding hydrogens is 415 g/mol. The Bertz CT molecular complexity index is 1030. The summed E-state index contributed by atoms with van der Waals surface area (Å²) < 4.78 is 41.6. The summed E-state index contributed by atoms with van der Waals surface area (Å²) in [5.74, 6) is -0.619. The average Bonchev–Trinajstić information content (AvgIpc) is 3.23. The van der Waals surface area contributed by atoms with Crippen molar-refractivity contribution in [1.82, 2.24) is 14.8 Å². The van der Waals surface area contributed by atoms with Crippen molar-refractivity contribution in [3.8, 4) is 16.9 Å². The van der Waals surface area contributed by atoms with E-state index in [4.69, 9.17) is 0 Å². The number of halogens is 3. The number of rotatable bonds is 3. The monoisotopic (exact) mass is 434 g/mol. The van der Waals surface area contributed by atoms with Crippen LogP contribution < -0.4 is 9.84 Å². The van der Waals surface area contributed by atoms with E-state index in [1.807, 2.05) is 0 Å². The summed E-state index contributed by atoms with van der Waals surface area (Å²) >= 11 is 0. The first-order valence-corrected chi connectivity index (χ1v) is 9.69. The minimum absolute atomic E-state index is 0.257. The molecule has 2 amide bonds. The zero-order valence-corrected chi connectivity index (χ0v) is 16.6. The second kappa shape index (κ2) is 7.44. The van der Waals surface area contributed by atoms with E-state index >= 15 is 0 Å². The van der Waals surface area contributed by atoms with Gasteiger partial charge in [-0.15, -0.1) is 13.2 Å². The number of amides is 2. The zero-order valence-electron chi connectivity index (χ0n) is 16.6. The molecule has 2 aromatic rings. The summed E-state index contributed by atoms with van der Waals surface area (Å²) in [7, 11) is 1.63. The van der Waals surface area contributed by atoms with Crippen LogP contribution in [-0.2, 0) is 4.79 Å². The molecule has 1 spiro atoms. The van der Waals surface area contributed by atoms with E-state index in [9.17, 15) is 27.9 Å². The van der Waals surface area contributed by atoms with Crippen molar-refractivity contribution in [2.75, 3.05) is 13.6 Å². The van der Waals surface area contributed by atoms with Gasteiger partial charge in [0.15, 0.2) is 0 Å². The molecule has 0 N–H and O–H groups in total. The molecule has 164 valence electrons. The molecule has 2 fully saturated rings. The molecule has 2 aliphatic heterocycles. The van der Waals surface area contributed by atoms with Crippen molar-refractivity contribution in [3.63, 3.8) is 0 Å². The van der Waals surface area contributed by atoms with Crippen LogP contribution in [0.5, 0.6) is 5.75 Å². The Labute approximate surface area is 176 Å². The number of carbonyl (C=O) groups is 2. The largest absolute Gasteiger partial charge is 0.573 e. The molecule has 10 heteroatoms. The molecule has 7 nitrogen and oxygen atoms in total. The summed E-state index contributed by atoms with van der Waals surface area (Å²) in [6.45, 7) is 0.453. The smallest absolute Gasteiger partial charge is 0.530 e. The van der Waals surface area contributed by atoms with Crippen molar-refractivity contribution in [2.45, 2.75) is 37.2 Å². The lowest BCUT2D eigenvalue weighted by Gasteiger charge is -2.38. The van der Waals surface area contributed by atoms with Gasteiger partial charge in [-0.1, -0.05) is 12.1 Å². The SMILES string of the molecule is CN1CC[C@@]2(CC[C@H](c3cc(-c4cccc(OC(F)(F)F)c4)ccn3)N2C(=O)[O-])C1=O. The van der Waals surface area contributed by atoms with Crippen LogP contribution in [0.15, 0.2) is 42.6 Å². The van der Waals surface area contributed by atoms with Gasteiger partial charge in [0.2, 0.25) is 5.91 Å². The average molecular weight is 434 g/mol. The summed E-state index contributed by atoms with van der Waals surface area (Å²) in [4.78, 5) is 31.6. The Morgan fingerprint density at radius 1 is 1.23 bits per heavy atom. The highest BCUT2D eigenvalue weighted by atomic mass is 19.4. The second-order valence-electron chi connectivity index (χ2n) is 7.74. The number of likely N-dealkylation sites (tertiary alicyclic amines) is 2. The van der Waals surface area contributed by atoms with Gasteiger partial charge in [0.05, 0.1) is 11.7 Å². The van der Waals surface area contributed by atoms with Crippen LogP contribution in [-0.4, -0.2) is 52.3 Å². The number of ether oxygens (including phenoxy) is 1. The van der Waals surface area contributed by atoms with Gasteiger partial charge >= 0.3 is 6.36 Å². The number of pyridine rings is 1. The molecule has 0 radical (unpaired) electrons. The lowest BCUT2D eigenvalue weighted by Crippen LogP contribution is -2.56. The lowest BCUT2D eigenvalue weighted by molar-refractivity contribution is -0.274. The quantitative estimate of drug-likeness (QED) is 0.742. The van der Waals surface area contributed by atoms with Crippen LogP contribution in [0.25, 0.3) is 11.1 Å². The second-order valence-corrected chi connectivity index (χ2v) is 7.74. The standard InChI is InChI=1S/C21H20F3N3O4/c1-26-10-8-20(18(26)28)7-5-17(27(20)19(29)30)16-12-14(6-9-25-16)13-3-2-4-15(11-13)31-21(22,23)24/h2-4,6,9,11-12,17H,5,7-8,10H2,1H3,(H,29,30)/p-1/t17-,20+/m1/s1. The highest BCUT2D eigenvalue weighted by Gasteiger charge is 2.56. The molecule has 0 unspecified atom stereocenters. The molecule has 31 heavy (non-hydrogen) atoms. The van der Waals surface area contributed by atoms with E-state index in [0.29, 0.717) is 42.6 Å². The topological polar surface area (TPSA) is 85.8 Å². The normalized spacial score (nSPS) is 23.6. The predicted molar refractivity (Wildman–Crippen MR) is 101 cm³/mol. The van der Waals surface area contributed by atoms with Crippen molar-refractivity contribution >= 4 is 12.0 Å². The van der Waals surface area contributed by atoms with Crippen LogP contribution in [0.2, 0.25) is 0 Å². The Morgan fingerprint density at radius 2 is 1.97 bits per heavy atom.